The molecule has 0 saturated carbocycles. The Labute approximate surface area is 90.8 Å². The van der Waals surface area contributed by atoms with Gasteiger partial charge in [-0.15, -0.1) is 0 Å². The lowest BCUT2D eigenvalue weighted by molar-refractivity contribution is 0.988. The van der Waals surface area contributed by atoms with Crippen LogP contribution in [0.2, 0.25) is 5.02 Å². The van der Waals surface area contributed by atoms with Gasteiger partial charge in [0, 0.05) is 23.3 Å². The van der Waals surface area contributed by atoms with Crippen molar-refractivity contribution in [1.82, 2.24) is 0 Å². The van der Waals surface area contributed by atoms with Crippen molar-refractivity contribution in [3.8, 4) is 0 Å². The van der Waals surface area contributed by atoms with Crippen LogP contribution in [-0.2, 0) is 0 Å². The van der Waals surface area contributed by atoms with E-state index in [0.717, 1.165) is 29.1 Å². The van der Waals surface area contributed by atoms with Gasteiger partial charge in [-0.05, 0) is 25.0 Å². The van der Waals surface area contributed by atoms with E-state index in [2.05, 4.69) is 24.9 Å². The predicted octanol–water partition coefficient (Wildman–Crippen LogP) is 3.87. The second-order valence-electron chi connectivity index (χ2n) is 3.35. The van der Waals surface area contributed by atoms with Crippen LogP contribution < -0.4 is 0 Å². The summed E-state index contributed by atoms with van der Waals surface area (Å²) in [5.74, 6) is 0. The number of aryl methyl sites for hydroxylation is 1. The van der Waals surface area contributed by atoms with Crippen molar-refractivity contribution in [2.24, 2.45) is 4.99 Å². The number of benzene rings is 1. The van der Waals surface area contributed by atoms with E-state index in [9.17, 15) is 0 Å². The lowest BCUT2D eigenvalue weighted by Gasteiger charge is -2.10. The van der Waals surface area contributed by atoms with E-state index in [1.807, 2.05) is 19.2 Å². The molecule has 0 spiro atoms. The topological polar surface area (TPSA) is 12.4 Å². The summed E-state index contributed by atoms with van der Waals surface area (Å²) in [6, 6.07) is 5.97. The van der Waals surface area contributed by atoms with E-state index >= 15 is 0 Å². The average molecular weight is 210 g/mol. The quantitative estimate of drug-likeness (QED) is 0.671. The van der Waals surface area contributed by atoms with Gasteiger partial charge in [0.05, 0.1) is 0 Å². The lowest BCUT2D eigenvalue weighted by Crippen LogP contribution is -2.03. The van der Waals surface area contributed by atoms with Gasteiger partial charge in [-0.25, -0.2) is 0 Å². The van der Waals surface area contributed by atoms with Crippen molar-refractivity contribution >= 4 is 17.3 Å². The molecule has 0 heterocycles. The molecule has 14 heavy (non-hydrogen) atoms. The van der Waals surface area contributed by atoms with E-state index in [1.54, 1.807) is 0 Å². The molecule has 0 saturated heterocycles. The highest BCUT2D eigenvalue weighted by atomic mass is 35.5. The Morgan fingerprint density at radius 2 is 2.14 bits per heavy atom. The van der Waals surface area contributed by atoms with Gasteiger partial charge in [0.1, 0.15) is 0 Å². The number of halogens is 1. The molecule has 1 nitrogen and oxygen atoms in total. The minimum atomic E-state index is 0.805. The van der Waals surface area contributed by atoms with Crippen LogP contribution in [0.15, 0.2) is 23.2 Å². The van der Waals surface area contributed by atoms with E-state index in [4.69, 9.17) is 11.6 Å². The van der Waals surface area contributed by atoms with Gasteiger partial charge < -0.3 is 0 Å². The molecule has 0 aromatic heterocycles. The summed E-state index contributed by atoms with van der Waals surface area (Å²) in [4.78, 5) is 4.30. The van der Waals surface area contributed by atoms with Crippen molar-refractivity contribution in [2.75, 3.05) is 7.05 Å². The number of rotatable bonds is 3. The standard InChI is InChI=1S/C12H16ClN/c1-4-6-11(14-3)12-9(2)7-5-8-10(12)13/h5,7-8H,4,6H2,1-3H3. The normalized spacial score (nSPS) is 11.9. The molecule has 2 heteroatoms. The fourth-order valence-corrected chi connectivity index (χ4v) is 1.91. The van der Waals surface area contributed by atoms with Crippen molar-refractivity contribution in [1.29, 1.82) is 0 Å². The summed E-state index contributed by atoms with van der Waals surface area (Å²) in [5.41, 5.74) is 3.42. The molecule has 0 aliphatic heterocycles. The van der Waals surface area contributed by atoms with Gasteiger partial charge in [0.15, 0.2) is 0 Å². The molecule has 1 aromatic rings. The van der Waals surface area contributed by atoms with E-state index in [-0.39, 0.29) is 0 Å². The van der Waals surface area contributed by atoms with Crippen molar-refractivity contribution < 1.29 is 0 Å². The molecule has 0 radical (unpaired) electrons. The summed E-state index contributed by atoms with van der Waals surface area (Å²) in [5, 5.41) is 0.805. The Balaban J connectivity index is 3.16. The zero-order valence-electron chi connectivity index (χ0n) is 8.97. The molecular weight excluding hydrogens is 194 g/mol. The van der Waals surface area contributed by atoms with Crippen LogP contribution in [0.1, 0.15) is 30.9 Å². The maximum Gasteiger partial charge on any atom is 0.0499 e. The summed E-state index contributed by atoms with van der Waals surface area (Å²) in [6.07, 6.45) is 2.08. The Bertz CT molecular complexity index is 322. The van der Waals surface area contributed by atoms with Crippen LogP contribution in [0.3, 0.4) is 0 Å². The summed E-state index contributed by atoms with van der Waals surface area (Å²) < 4.78 is 0. The molecule has 1 rings (SSSR count). The minimum Gasteiger partial charge on any atom is -0.292 e. The molecule has 76 valence electrons. The van der Waals surface area contributed by atoms with Gasteiger partial charge in [-0.3, -0.25) is 4.99 Å². The maximum absolute atomic E-state index is 6.16. The summed E-state index contributed by atoms with van der Waals surface area (Å²) in [7, 11) is 1.83. The molecule has 0 atom stereocenters. The van der Waals surface area contributed by atoms with Crippen LogP contribution in [0.5, 0.6) is 0 Å². The van der Waals surface area contributed by atoms with Gasteiger partial charge in [0.2, 0.25) is 0 Å². The maximum atomic E-state index is 6.16. The van der Waals surface area contributed by atoms with E-state index < -0.39 is 0 Å². The molecule has 0 N–H and O–H groups in total. The first kappa shape index (κ1) is 11.3. The van der Waals surface area contributed by atoms with E-state index in [0.29, 0.717) is 0 Å². The number of aliphatic imine (C=N–C) groups is 1. The van der Waals surface area contributed by atoms with Crippen molar-refractivity contribution in [3.63, 3.8) is 0 Å². The van der Waals surface area contributed by atoms with Crippen molar-refractivity contribution in [2.45, 2.75) is 26.7 Å². The lowest BCUT2D eigenvalue weighted by atomic mass is 10.0. The summed E-state index contributed by atoms with van der Waals surface area (Å²) in [6.45, 7) is 4.22. The van der Waals surface area contributed by atoms with Gasteiger partial charge in [0.25, 0.3) is 0 Å². The Morgan fingerprint density at radius 1 is 1.43 bits per heavy atom. The third-order valence-corrected chi connectivity index (χ3v) is 2.58. The minimum absolute atomic E-state index is 0.805. The largest absolute Gasteiger partial charge is 0.292 e. The van der Waals surface area contributed by atoms with Crippen LogP contribution in [0.25, 0.3) is 0 Å². The molecule has 1 aromatic carbocycles. The van der Waals surface area contributed by atoms with Crippen LogP contribution in [-0.4, -0.2) is 12.8 Å². The number of hydrogen-bond acceptors (Lipinski definition) is 1. The molecule has 0 aliphatic carbocycles. The predicted molar refractivity (Wildman–Crippen MR) is 63.6 cm³/mol. The zero-order chi connectivity index (χ0) is 10.6. The average Bonchev–Trinajstić information content (AvgIpc) is 2.16. The van der Waals surface area contributed by atoms with Crippen LogP contribution in [0.4, 0.5) is 0 Å². The molecule has 0 amide bonds. The Kier molecular flexibility index (Phi) is 4.15. The van der Waals surface area contributed by atoms with Crippen molar-refractivity contribution in [3.05, 3.63) is 34.3 Å². The molecular formula is C12H16ClN. The molecule has 0 unspecified atom stereocenters. The Morgan fingerprint density at radius 3 is 2.64 bits per heavy atom. The molecule has 0 aliphatic rings. The molecule has 0 fully saturated rings. The number of nitrogens with zero attached hydrogens (tertiary/aromatic N) is 1. The first-order valence-electron chi connectivity index (χ1n) is 4.91. The Hall–Kier alpha value is -0.820. The second kappa shape index (κ2) is 5.16. The fraction of sp³-hybridized carbons (Fsp3) is 0.417. The third kappa shape index (κ3) is 2.36. The highest BCUT2D eigenvalue weighted by molar-refractivity contribution is 6.34. The smallest absolute Gasteiger partial charge is 0.0499 e. The highest BCUT2D eigenvalue weighted by Gasteiger charge is 2.09. The van der Waals surface area contributed by atoms with Gasteiger partial charge in [-0.2, -0.15) is 0 Å². The monoisotopic (exact) mass is 209 g/mol. The first-order valence-corrected chi connectivity index (χ1v) is 5.29. The SMILES string of the molecule is CCCC(=NC)c1c(C)cccc1Cl. The highest BCUT2D eigenvalue weighted by Crippen LogP contribution is 2.22. The van der Waals surface area contributed by atoms with E-state index in [1.165, 1.54) is 5.56 Å². The number of hydrogen-bond donors (Lipinski definition) is 0. The second-order valence-corrected chi connectivity index (χ2v) is 3.76. The van der Waals surface area contributed by atoms with Crippen LogP contribution >= 0.6 is 11.6 Å². The molecule has 0 bridgehead atoms. The first-order chi connectivity index (χ1) is 6.70. The van der Waals surface area contributed by atoms with Gasteiger partial charge in [-0.1, -0.05) is 37.1 Å². The summed E-state index contributed by atoms with van der Waals surface area (Å²) >= 11 is 6.16. The third-order valence-electron chi connectivity index (χ3n) is 2.27. The zero-order valence-corrected chi connectivity index (χ0v) is 9.73. The fourth-order valence-electron chi connectivity index (χ4n) is 1.58. The van der Waals surface area contributed by atoms with Gasteiger partial charge >= 0.3 is 0 Å². The van der Waals surface area contributed by atoms with Crippen LogP contribution in [0, 0.1) is 6.92 Å².